The zero-order valence-corrected chi connectivity index (χ0v) is 27.3. The molecule has 0 bridgehead atoms. The molecule has 42 heavy (non-hydrogen) atoms. The van der Waals surface area contributed by atoms with Gasteiger partial charge in [0.05, 0.1) is 10.6 Å². The van der Waals surface area contributed by atoms with Crippen LogP contribution in [-0.2, 0) is 26.2 Å². The van der Waals surface area contributed by atoms with Crippen molar-refractivity contribution in [3.63, 3.8) is 0 Å². The molecule has 0 aliphatic heterocycles. The van der Waals surface area contributed by atoms with Gasteiger partial charge in [-0.05, 0) is 86.2 Å². The highest BCUT2D eigenvalue weighted by atomic mass is 35.5. The van der Waals surface area contributed by atoms with Crippen LogP contribution in [0.3, 0.4) is 0 Å². The molecule has 0 aliphatic rings. The normalized spacial score (nSPS) is 12.2. The molecule has 0 radical (unpaired) electrons. The summed E-state index contributed by atoms with van der Waals surface area (Å²) in [5, 5.41) is 3.70. The molecule has 3 aromatic carbocycles. The molecule has 3 rings (SSSR count). The lowest BCUT2D eigenvalue weighted by Gasteiger charge is -2.33. The average molecular weight is 633 g/mol. The molecular weight excluding hydrogens is 593 g/mol. The maximum absolute atomic E-state index is 14.2. The van der Waals surface area contributed by atoms with Crippen molar-refractivity contribution in [1.29, 1.82) is 0 Å². The third-order valence-corrected chi connectivity index (χ3v) is 9.47. The maximum atomic E-state index is 14.2. The molecule has 1 N–H and O–H groups in total. The molecule has 0 aromatic heterocycles. The predicted molar refractivity (Wildman–Crippen MR) is 171 cm³/mol. The number of hydrogen-bond donors (Lipinski definition) is 1. The van der Waals surface area contributed by atoms with Crippen molar-refractivity contribution >= 4 is 50.7 Å². The van der Waals surface area contributed by atoms with Crippen molar-refractivity contribution in [3.05, 3.63) is 93.0 Å². The number of anilines is 1. The zero-order valence-electron chi connectivity index (χ0n) is 24.9. The van der Waals surface area contributed by atoms with Crippen LogP contribution in [0.5, 0.6) is 0 Å². The van der Waals surface area contributed by atoms with E-state index in [9.17, 15) is 18.0 Å². The van der Waals surface area contributed by atoms with Gasteiger partial charge in [-0.2, -0.15) is 0 Å². The topological polar surface area (TPSA) is 86.8 Å². The second-order valence-electron chi connectivity index (χ2n) is 10.9. The Morgan fingerprint density at radius 1 is 0.905 bits per heavy atom. The first-order chi connectivity index (χ1) is 19.7. The standard InChI is InChI=1S/C32H39Cl2N3O4S/c1-7-30(32(39)35-18-21(2)3)36(19-25-11-12-26(33)17-29(25)34)31(38)20-37(27-13-10-23(5)24(6)16-27)42(40,41)28-14-8-22(4)9-15-28/h8-17,21,30H,7,18-20H2,1-6H3,(H,35,39)/t30-/m0/s1. The van der Waals surface area contributed by atoms with Crippen LogP contribution in [0.4, 0.5) is 5.69 Å². The number of carbonyl (C=O) groups excluding carboxylic acids is 2. The van der Waals surface area contributed by atoms with E-state index in [1.54, 1.807) is 42.5 Å². The molecule has 0 spiro atoms. The van der Waals surface area contributed by atoms with Gasteiger partial charge in [0.2, 0.25) is 11.8 Å². The summed E-state index contributed by atoms with van der Waals surface area (Å²) in [5.41, 5.74) is 3.72. The highest BCUT2D eigenvalue weighted by Crippen LogP contribution is 2.28. The second-order valence-corrected chi connectivity index (χ2v) is 13.6. The van der Waals surface area contributed by atoms with Gasteiger partial charge in [0.25, 0.3) is 10.0 Å². The first-order valence-corrected chi connectivity index (χ1v) is 16.1. The number of benzene rings is 3. The minimum atomic E-state index is -4.15. The van der Waals surface area contributed by atoms with E-state index in [4.69, 9.17) is 23.2 Å². The Balaban J connectivity index is 2.09. The quantitative estimate of drug-likeness (QED) is 0.241. The molecule has 7 nitrogen and oxygen atoms in total. The lowest BCUT2D eigenvalue weighted by atomic mass is 10.1. The molecule has 0 saturated heterocycles. The van der Waals surface area contributed by atoms with E-state index in [1.807, 2.05) is 47.6 Å². The maximum Gasteiger partial charge on any atom is 0.264 e. The lowest BCUT2D eigenvalue weighted by Crippen LogP contribution is -2.52. The number of amides is 2. The fraction of sp³-hybridized carbons (Fsp3) is 0.375. The summed E-state index contributed by atoms with van der Waals surface area (Å²) in [6, 6.07) is 15.8. The van der Waals surface area contributed by atoms with Gasteiger partial charge in [-0.25, -0.2) is 8.42 Å². The summed E-state index contributed by atoms with van der Waals surface area (Å²) >= 11 is 12.6. The number of nitrogens with zero attached hydrogens (tertiary/aromatic N) is 2. The Labute approximate surface area is 259 Å². The fourth-order valence-corrected chi connectivity index (χ4v) is 6.30. The Kier molecular flexibility index (Phi) is 11.5. The van der Waals surface area contributed by atoms with Gasteiger partial charge in [-0.15, -0.1) is 0 Å². The lowest BCUT2D eigenvalue weighted by molar-refractivity contribution is -0.140. The van der Waals surface area contributed by atoms with Crippen molar-refractivity contribution in [1.82, 2.24) is 10.2 Å². The molecule has 226 valence electrons. The second kappa shape index (κ2) is 14.4. The monoisotopic (exact) mass is 631 g/mol. The first kappa shape index (κ1) is 33.4. The Hall–Kier alpha value is -3.07. The number of nitrogens with one attached hydrogen (secondary N) is 1. The summed E-state index contributed by atoms with van der Waals surface area (Å²) < 4.78 is 29.2. The number of carbonyl (C=O) groups is 2. The van der Waals surface area contributed by atoms with Crippen molar-refractivity contribution in [2.45, 2.75) is 65.4 Å². The summed E-state index contributed by atoms with van der Waals surface area (Å²) in [4.78, 5) is 29.0. The Morgan fingerprint density at radius 2 is 1.57 bits per heavy atom. The van der Waals surface area contributed by atoms with Crippen molar-refractivity contribution in [2.75, 3.05) is 17.4 Å². The van der Waals surface area contributed by atoms with Crippen molar-refractivity contribution in [3.8, 4) is 0 Å². The van der Waals surface area contributed by atoms with Gasteiger partial charge in [-0.3, -0.25) is 13.9 Å². The predicted octanol–water partition coefficient (Wildman–Crippen LogP) is 6.69. The smallest absolute Gasteiger partial charge is 0.264 e. The molecular formula is C32H39Cl2N3O4S. The van der Waals surface area contributed by atoms with Crippen LogP contribution in [0.25, 0.3) is 0 Å². The van der Waals surface area contributed by atoms with Crippen LogP contribution >= 0.6 is 23.2 Å². The van der Waals surface area contributed by atoms with Gasteiger partial charge in [0.1, 0.15) is 12.6 Å². The molecule has 10 heteroatoms. The molecule has 0 unspecified atom stereocenters. The highest BCUT2D eigenvalue weighted by Gasteiger charge is 2.34. The third kappa shape index (κ3) is 8.27. The first-order valence-electron chi connectivity index (χ1n) is 13.9. The number of halogens is 2. The van der Waals surface area contributed by atoms with Crippen molar-refractivity contribution < 1.29 is 18.0 Å². The summed E-state index contributed by atoms with van der Waals surface area (Å²) in [7, 11) is -4.15. The summed E-state index contributed by atoms with van der Waals surface area (Å²) in [5.74, 6) is -0.647. The fourth-order valence-electron chi connectivity index (χ4n) is 4.42. The van der Waals surface area contributed by atoms with E-state index in [0.717, 1.165) is 21.0 Å². The van der Waals surface area contributed by atoms with Crippen molar-refractivity contribution in [2.24, 2.45) is 5.92 Å². The molecule has 3 aromatic rings. The minimum Gasteiger partial charge on any atom is -0.354 e. The van der Waals surface area contributed by atoms with Gasteiger partial charge >= 0.3 is 0 Å². The molecule has 0 aliphatic carbocycles. The van der Waals surface area contributed by atoms with Crippen LogP contribution in [-0.4, -0.2) is 44.3 Å². The average Bonchev–Trinajstić information content (AvgIpc) is 2.93. The van der Waals surface area contributed by atoms with Crippen LogP contribution in [0.1, 0.15) is 49.4 Å². The highest BCUT2D eigenvalue weighted by molar-refractivity contribution is 7.92. The number of hydrogen-bond acceptors (Lipinski definition) is 4. The van der Waals surface area contributed by atoms with Crippen LogP contribution < -0.4 is 9.62 Å². The van der Waals surface area contributed by atoms with E-state index in [-0.39, 0.29) is 23.3 Å². The van der Waals surface area contributed by atoms with Crippen LogP contribution in [0.2, 0.25) is 10.0 Å². The Morgan fingerprint density at radius 3 is 2.14 bits per heavy atom. The van der Waals surface area contributed by atoms with Gasteiger partial charge < -0.3 is 10.2 Å². The third-order valence-electron chi connectivity index (χ3n) is 7.09. The van der Waals surface area contributed by atoms with Gasteiger partial charge in [-0.1, -0.05) is 73.8 Å². The van der Waals surface area contributed by atoms with E-state index >= 15 is 0 Å². The molecule has 2 amide bonds. The van der Waals surface area contributed by atoms with Crippen LogP contribution in [0.15, 0.2) is 65.6 Å². The van der Waals surface area contributed by atoms with Gasteiger partial charge in [0.15, 0.2) is 0 Å². The SMILES string of the molecule is CC[C@@H](C(=O)NCC(C)C)N(Cc1ccc(Cl)cc1Cl)C(=O)CN(c1ccc(C)c(C)c1)S(=O)(=O)c1ccc(C)cc1. The number of rotatable bonds is 12. The van der Waals surface area contributed by atoms with E-state index < -0.39 is 28.5 Å². The summed E-state index contributed by atoms with van der Waals surface area (Å²) in [6.07, 6.45) is 0.315. The minimum absolute atomic E-state index is 0.00616. The molecule has 0 saturated carbocycles. The number of aryl methyl sites for hydroxylation is 3. The Bertz CT molecular complexity index is 1530. The molecule has 0 heterocycles. The summed E-state index contributed by atoms with van der Waals surface area (Å²) in [6.45, 7) is 11.4. The largest absolute Gasteiger partial charge is 0.354 e. The zero-order chi connectivity index (χ0) is 31.2. The van der Waals surface area contributed by atoms with E-state index in [0.29, 0.717) is 34.3 Å². The molecule has 0 fully saturated rings. The van der Waals surface area contributed by atoms with Gasteiger partial charge in [0, 0.05) is 23.1 Å². The van der Waals surface area contributed by atoms with E-state index in [1.165, 1.54) is 17.0 Å². The molecule has 1 atom stereocenters. The number of sulfonamides is 1. The van der Waals surface area contributed by atoms with E-state index in [2.05, 4.69) is 5.32 Å². The van der Waals surface area contributed by atoms with Crippen LogP contribution in [0, 0.1) is 26.7 Å².